The van der Waals surface area contributed by atoms with Crippen molar-refractivity contribution in [2.45, 2.75) is 329 Å². The van der Waals surface area contributed by atoms with Gasteiger partial charge in [-0.1, -0.05) is 309 Å². The normalized spacial score (nSPS) is 12.9. The van der Waals surface area contributed by atoms with Gasteiger partial charge in [-0.3, -0.25) is 14.4 Å². The van der Waals surface area contributed by atoms with Gasteiger partial charge in [0.1, 0.15) is 13.2 Å². The summed E-state index contributed by atoms with van der Waals surface area (Å²) in [5.74, 6) is -1.05. The molecule has 0 fully saturated rings. The maximum atomic E-state index is 12.9. The predicted octanol–water partition coefficient (Wildman–Crippen LogP) is 23.9. The summed E-state index contributed by atoms with van der Waals surface area (Å²) in [4.78, 5) is 38.3. The van der Waals surface area contributed by atoms with Crippen LogP contribution in [0.2, 0.25) is 0 Å². The van der Waals surface area contributed by atoms with E-state index in [9.17, 15) is 14.4 Å². The Hall–Kier alpha value is -4.19. The van der Waals surface area contributed by atoms with E-state index in [1.54, 1.807) is 6.08 Å². The Balaban J connectivity index is 4.31. The lowest BCUT2D eigenvalue weighted by molar-refractivity contribution is -0.166. The van der Waals surface area contributed by atoms with E-state index in [-0.39, 0.29) is 31.6 Å². The first kappa shape index (κ1) is 77.8. The fourth-order valence-corrected chi connectivity index (χ4v) is 9.56. The molecule has 0 aliphatic heterocycles. The number of carbonyl (C=O) groups is 3. The van der Waals surface area contributed by atoms with Crippen LogP contribution in [0.3, 0.4) is 0 Å². The van der Waals surface area contributed by atoms with Crippen LogP contribution in [0.15, 0.2) is 122 Å². The van der Waals surface area contributed by atoms with Crippen LogP contribution in [0, 0.1) is 0 Å². The van der Waals surface area contributed by atoms with Gasteiger partial charge in [-0.05, 0) is 116 Å². The summed E-state index contributed by atoms with van der Waals surface area (Å²) in [5, 5.41) is 0. The van der Waals surface area contributed by atoms with Gasteiger partial charge >= 0.3 is 17.9 Å². The first-order valence-corrected chi connectivity index (χ1v) is 34.5. The first-order valence-electron chi connectivity index (χ1n) is 34.5. The van der Waals surface area contributed by atoms with Gasteiger partial charge in [0.05, 0.1) is 6.42 Å². The molecule has 0 saturated carbocycles. The van der Waals surface area contributed by atoms with Crippen LogP contribution in [0.4, 0.5) is 0 Å². The molecule has 0 aromatic rings. The maximum absolute atomic E-state index is 12.9. The summed E-state index contributed by atoms with van der Waals surface area (Å²) in [5.41, 5.74) is 0. The molecular weight excluding hydrogens is 1010 g/mol. The van der Waals surface area contributed by atoms with Crippen molar-refractivity contribution in [2.75, 3.05) is 13.2 Å². The van der Waals surface area contributed by atoms with Crippen LogP contribution < -0.4 is 0 Å². The lowest BCUT2D eigenvalue weighted by Gasteiger charge is -2.18. The smallest absolute Gasteiger partial charge is 0.309 e. The van der Waals surface area contributed by atoms with Gasteiger partial charge in [-0.15, -0.1) is 0 Å². The van der Waals surface area contributed by atoms with Gasteiger partial charge < -0.3 is 14.2 Å². The molecule has 1 atom stereocenters. The quantitative estimate of drug-likeness (QED) is 0.0261. The van der Waals surface area contributed by atoms with E-state index < -0.39 is 12.1 Å². The molecule has 0 spiro atoms. The molecular formula is C76H128O6. The Labute approximate surface area is 507 Å². The number of esters is 3. The topological polar surface area (TPSA) is 78.9 Å². The zero-order valence-electron chi connectivity index (χ0n) is 53.7. The molecule has 1 unspecified atom stereocenters. The Morgan fingerprint density at radius 1 is 0.268 bits per heavy atom. The van der Waals surface area contributed by atoms with Crippen molar-refractivity contribution >= 4 is 17.9 Å². The molecule has 0 aliphatic carbocycles. The van der Waals surface area contributed by atoms with Gasteiger partial charge in [0.15, 0.2) is 6.10 Å². The SMILES string of the molecule is CC/C=C\C/C=C\C/C=C\C/C=C\C/C=C\CC(=O)OCC(COC(=O)CCCCCCCCCCCCCCCCCC/C=C\C/C=C\C/C=C\CCCCCCC)OC(=O)CCCCCCCCC/C=C\C/C=C\CCCCCC. The van der Waals surface area contributed by atoms with Crippen molar-refractivity contribution < 1.29 is 28.6 Å². The third-order valence-corrected chi connectivity index (χ3v) is 14.7. The van der Waals surface area contributed by atoms with Crippen molar-refractivity contribution in [3.63, 3.8) is 0 Å². The highest BCUT2D eigenvalue weighted by molar-refractivity contribution is 5.72. The maximum Gasteiger partial charge on any atom is 0.309 e. The van der Waals surface area contributed by atoms with E-state index in [4.69, 9.17) is 14.2 Å². The van der Waals surface area contributed by atoms with Crippen molar-refractivity contribution in [3.05, 3.63) is 122 Å². The first-order chi connectivity index (χ1) is 40.5. The van der Waals surface area contributed by atoms with Gasteiger partial charge in [-0.25, -0.2) is 0 Å². The van der Waals surface area contributed by atoms with Crippen molar-refractivity contribution in [1.82, 2.24) is 0 Å². The highest BCUT2D eigenvalue weighted by Gasteiger charge is 2.19. The van der Waals surface area contributed by atoms with Crippen LogP contribution >= 0.6 is 0 Å². The van der Waals surface area contributed by atoms with E-state index in [2.05, 4.69) is 130 Å². The molecule has 0 bridgehead atoms. The summed E-state index contributed by atoms with van der Waals surface area (Å²) >= 11 is 0. The fourth-order valence-electron chi connectivity index (χ4n) is 9.56. The number of carbonyl (C=O) groups excluding carboxylic acids is 3. The molecule has 6 nitrogen and oxygen atoms in total. The van der Waals surface area contributed by atoms with Gasteiger partial charge in [0.25, 0.3) is 0 Å². The van der Waals surface area contributed by atoms with Gasteiger partial charge in [-0.2, -0.15) is 0 Å². The molecule has 468 valence electrons. The second-order valence-electron chi connectivity index (χ2n) is 22.7. The van der Waals surface area contributed by atoms with Crippen LogP contribution in [0.25, 0.3) is 0 Å². The molecule has 0 radical (unpaired) electrons. The number of hydrogen-bond donors (Lipinski definition) is 0. The van der Waals surface area contributed by atoms with E-state index in [0.717, 1.165) is 96.3 Å². The minimum absolute atomic E-state index is 0.112. The third-order valence-electron chi connectivity index (χ3n) is 14.7. The van der Waals surface area contributed by atoms with Gasteiger partial charge in [0, 0.05) is 12.8 Å². The van der Waals surface area contributed by atoms with E-state index >= 15 is 0 Å². The average molecular weight is 1140 g/mol. The van der Waals surface area contributed by atoms with E-state index in [0.29, 0.717) is 12.8 Å². The number of ether oxygens (including phenoxy) is 3. The molecule has 0 amide bonds. The largest absolute Gasteiger partial charge is 0.462 e. The number of unbranched alkanes of at least 4 members (excludes halogenated alkanes) is 32. The zero-order valence-corrected chi connectivity index (χ0v) is 53.7. The monoisotopic (exact) mass is 1140 g/mol. The lowest BCUT2D eigenvalue weighted by Crippen LogP contribution is -2.30. The van der Waals surface area contributed by atoms with E-state index in [1.807, 2.05) is 6.08 Å². The minimum Gasteiger partial charge on any atom is -0.462 e. The summed E-state index contributed by atoms with van der Waals surface area (Å²) in [6.45, 7) is 6.43. The molecule has 0 heterocycles. The van der Waals surface area contributed by atoms with Crippen molar-refractivity contribution in [2.24, 2.45) is 0 Å². The summed E-state index contributed by atoms with van der Waals surface area (Å²) in [6.07, 6.45) is 96.8. The Bertz CT molecular complexity index is 1690. The molecule has 0 aromatic heterocycles. The standard InChI is InChI=1S/C76H128O6/c1-4-7-10-13-16-19-22-25-28-30-32-33-34-35-36-37-38-39-40-41-42-43-44-46-48-51-54-57-60-63-66-69-75(78)81-72-73(71-80-74(77)68-65-62-59-56-53-50-47-27-24-21-18-15-12-9-6-3)82-76(79)70-67-64-61-58-55-52-49-45-31-29-26-23-20-17-14-11-8-5-2/h9,12,18,20-23,25,27,29-32,34-35,47,53,56,62,65,73H,4-8,10-11,13-17,19,24,26,28,33,36-46,48-52,54-55,57-61,63-64,66-72H2,1-3H3/b12-9-,21-18-,23-20-,25-22-,31-29-,32-30-,35-34-,47-27-,56-53-,65-62-. The Morgan fingerprint density at radius 3 is 0.866 bits per heavy atom. The highest BCUT2D eigenvalue weighted by atomic mass is 16.6. The molecule has 0 rings (SSSR count). The molecule has 0 aromatic carbocycles. The van der Waals surface area contributed by atoms with Gasteiger partial charge in [0.2, 0.25) is 0 Å². The zero-order chi connectivity index (χ0) is 59.2. The second-order valence-corrected chi connectivity index (χ2v) is 22.7. The summed E-state index contributed by atoms with van der Waals surface area (Å²) < 4.78 is 16.8. The predicted molar refractivity (Wildman–Crippen MR) is 357 cm³/mol. The average Bonchev–Trinajstić information content (AvgIpc) is 3.47. The van der Waals surface area contributed by atoms with Crippen LogP contribution in [-0.4, -0.2) is 37.2 Å². The summed E-state index contributed by atoms with van der Waals surface area (Å²) in [6, 6.07) is 0. The minimum atomic E-state index is -0.826. The molecule has 0 saturated heterocycles. The van der Waals surface area contributed by atoms with Crippen LogP contribution in [0.1, 0.15) is 323 Å². The Kier molecular flexibility index (Phi) is 65.8. The van der Waals surface area contributed by atoms with Crippen LogP contribution in [-0.2, 0) is 28.6 Å². The molecule has 6 heteroatoms. The van der Waals surface area contributed by atoms with Crippen LogP contribution in [0.5, 0.6) is 0 Å². The molecule has 82 heavy (non-hydrogen) atoms. The second kappa shape index (κ2) is 69.3. The number of hydrogen-bond acceptors (Lipinski definition) is 6. The van der Waals surface area contributed by atoms with E-state index in [1.165, 1.54) is 186 Å². The number of allylic oxidation sites excluding steroid dienone is 19. The fraction of sp³-hybridized carbons (Fsp3) is 0.697. The lowest BCUT2D eigenvalue weighted by atomic mass is 10.0. The summed E-state index contributed by atoms with van der Waals surface area (Å²) in [7, 11) is 0. The number of rotatable bonds is 62. The third kappa shape index (κ3) is 66.6. The molecule has 0 aliphatic rings. The molecule has 0 N–H and O–H groups in total. The van der Waals surface area contributed by atoms with Crippen molar-refractivity contribution in [1.29, 1.82) is 0 Å². The van der Waals surface area contributed by atoms with Crippen molar-refractivity contribution in [3.8, 4) is 0 Å². The Morgan fingerprint density at radius 2 is 0.524 bits per heavy atom. The highest BCUT2D eigenvalue weighted by Crippen LogP contribution is 2.16.